The van der Waals surface area contributed by atoms with Gasteiger partial charge in [0.05, 0.1) is 12.1 Å². The molecule has 2 nitrogen and oxygen atoms in total. The molecule has 0 spiro atoms. The number of ether oxygens (including phenoxy) is 1. The third-order valence-corrected chi connectivity index (χ3v) is 2.42. The first-order valence-electron chi connectivity index (χ1n) is 5.38. The highest BCUT2D eigenvalue weighted by molar-refractivity contribution is 5.90. The summed E-state index contributed by atoms with van der Waals surface area (Å²) in [5.41, 5.74) is 5.75. The molecular weight excluding hydrogens is 236 g/mol. The average molecular weight is 247 g/mol. The fraction of sp³-hybridized carbons (Fsp3) is 0.143. The predicted molar refractivity (Wildman–Crippen MR) is 66.5 cm³/mol. The van der Waals surface area contributed by atoms with Crippen LogP contribution in [0.15, 0.2) is 36.4 Å². The van der Waals surface area contributed by atoms with E-state index in [9.17, 15) is 8.78 Å². The van der Waals surface area contributed by atoms with E-state index in [0.717, 1.165) is 10.8 Å². The van der Waals surface area contributed by atoms with Crippen molar-refractivity contribution in [2.45, 2.75) is 6.61 Å². The van der Waals surface area contributed by atoms with Crippen LogP contribution < -0.4 is 10.5 Å². The van der Waals surface area contributed by atoms with Gasteiger partial charge in [0.1, 0.15) is 5.75 Å². The Kier molecular flexibility index (Phi) is 3.75. The lowest BCUT2D eigenvalue weighted by Crippen LogP contribution is -2.04. The molecule has 2 rings (SSSR count). The molecule has 0 aliphatic carbocycles. The molecule has 0 heterocycles. The summed E-state index contributed by atoms with van der Waals surface area (Å²) in [4.78, 5) is 0. The number of nitrogens with two attached hydrogens (primary N) is 1. The van der Waals surface area contributed by atoms with Crippen LogP contribution in [0.1, 0.15) is 5.56 Å². The summed E-state index contributed by atoms with van der Waals surface area (Å²) in [6, 6.07) is 10.6. The standard InChI is InChI=1S/C14H11F2NO/c15-14(16)18-13-8-7-10-4-1-2-5-11(10)12(13)6-3-9-17/h1-2,4-5,7-8,14H,9,17H2. The van der Waals surface area contributed by atoms with Gasteiger partial charge in [0.2, 0.25) is 0 Å². The van der Waals surface area contributed by atoms with Crippen LogP contribution in [-0.4, -0.2) is 13.2 Å². The molecule has 92 valence electrons. The van der Waals surface area contributed by atoms with Crippen molar-refractivity contribution in [2.75, 3.05) is 6.54 Å². The smallest absolute Gasteiger partial charge is 0.387 e. The van der Waals surface area contributed by atoms with Crippen molar-refractivity contribution in [1.29, 1.82) is 0 Å². The first-order valence-corrected chi connectivity index (χ1v) is 5.38. The van der Waals surface area contributed by atoms with Gasteiger partial charge in [-0.3, -0.25) is 0 Å². The van der Waals surface area contributed by atoms with Crippen LogP contribution in [0.4, 0.5) is 8.78 Å². The van der Waals surface area contributed by atoms with Gasteiger partial charge in [0.15, 0.2) is 0 Å². The lowest BCUT2D eigenvalue weighted by Gasteiger charge is -2.09. The first kappa shape index (κ1) is 12.3. The zero-order chi connectivity index (χ0) is 13.0. The lowest BCUT2D eigenvalue weighted by molar-refractivity contribution is -0.0499. The third kappa shape index (κ3) is 2.58. The lowest BCUT2D eigenvalue weighted by atomic mass is 10.0. The van der Waals surface area contributed by atoms with Gasteiger partial charge in [-0.1, -0.05) is 42.2 Å². The second-order valence-corrected chi connectivity index (χ2v) is 3.54. The Morgan fingerprint density at radius 2 is 1.94 bits per heavy atom. The van der Waals surface area contributed by atoms with Crippen LogP contribution in [0.3, 0.4) is 0 Å². The Labute approximate surface area is 103 Å². The number of rotatable bonds is 2. The zero-order valence-corrected chi connectivity index (χ0v) is 9.49. The number of hydrogen-bond acceptors (Lipinski definition) is 2. The van der Waals surface area contributed by atoms with Crippen LogP contribution in [-0.2, 0) is 0 Å². The minimum absolute atomic E-state index is 0.0738. The molecular formula is C14H11F2NO. The molecule has 0 bridgehead atoms. The second-order valence-electron chi connectivity index (χ2n) is 3.54. The molecule has 18 heavy (non-hydrogen) atoms. The van der Waals surface area contributed by atoms with Gasteiger partial charge < -0.3 is 10.5 Å². The van der Waals surface area contributed by atoms with E-state index in [1.54, 1.807) is 6.07 Å². The van der Waals surface area contributed by atoms with Crippen molar-refractivity contribution in [3.05, 3.63) is 42.0 Å². The quantitative estimate of drug-likeness (QED) is 0.828. The number of benzene rings is 2. The van der Waals surface area contributed by atoms with Gasteiger partial charge >= 0.3 is 6.61 Å². The maximum Gasteiger partial charge on any atom is 0.387 e. The molecule has 0 unspecified atom stereocenters. The van der Waals surface area contributed by atoms with E-state index in [4.69, 9.17) is 5.73 Å². The van der Waals surface area contributed by atoms with Gasteiger partial charge in [0.25, 0.3) is 0 Å². The summed E-state index contributed by atoms with van der Waals surface area (Å²) >= 11 is 0. The molecule has 2 aromatic carbocycles. The van der Waals surface area contributed by atoms with Crippen molar-refractivity contribution < 1.29 is 13.5 Å². The van der Waals surface area contributed by atoms with Crippen molar-refractivity contribution in [3.8, 4) is 17.6 Å². The van der Waals surface area contributed by atoms with Gasteiger partial charge in [0, 0.05) is 5.39 Å². The number of halogens is 2. The molecule has 0 radical (unpaired) electrons. The Morgan fingerprint density at radius 3 is 2.67 bits per heavy atom. The van der Waals surface area contributed by atoms with E-state index in [2.05, 4.69) is 16.6 Å². The molecule has 0 atom stereocenters. The minimum Gasteiger partial charge on any atom is -0.433 e. The van der Waals surface area contributed by atoms with E-state index >= 15 is 0 Å². The third-order valence-electron chi connectivity index (χ3n) is 2.42. The van der Waals surface area contributed by atoms with Crippen LogP contribution in [0.5, 0.6) is 5.75 Å². The Bertz CT molecular complexity index is 614. The van der Waals surface area contributed by atoms with Crippen molar-refractivity contribution in [3.63, 3.8) is 0 Å². The van der Waals surface area contributed by atoms with E-state index in [1.165, 1.54) is 6.07 Å². The second kappa shape index (κ2) is 5.48. The largest absolute Gasteiger partial charge is 0.433 e. The predicted octanol–water partition coefficient (Wildman–Crippen LogP) is 2.75. The maximum atomic E-state index is 12.3. The summed E-state index contributed by atoms with van der Waals surface area (Å²) in [7, 11) is 0. The van der Waals surface area contributed by atoms with E-state index in [0.29, 0.717) is 5.56 Å². The number of alkyl halides is 2. The van der Waals surface area contributed by atoms with Gasteiger partial charge in [-0.25, -0.2) is 0 Å². The molecule has 4 heteroatoms. The molecule has 0 saturated carbocycles. The molecule has 2 aromatic rings. The molecule has 0 aromatic heterocycles. The van der Waals surface area contributed by atoms with Crippen molar-refractivity contribution >= 4 is 10.8 Å². The monoisotopic (exact) mass is 247 g/mol. The fourth-order valence-corrected chi connectivity index (χ4v) is 1.71. The van der Waals surface area contributed by atoms with E-state index < -0.39 is 6.61 Å². The normalized spacial score (nSPS) is 10.2. The van der Waals surface area contributed by atoms with Gasteiger partial charge in [-0.05, 0) is 11.5 Å². The molecule has 0 fully saturated rings. The molecule has 0 amide bonds. The van der Waals surface area contributed by atoms with Crippen molar-refractivity contribution in [2.24, 2.45) is 5.73 Å². The van der Waals surface area contributed by atoms with E-state index in [-0.39, 0.29) is 12.3 Å². The minimum atomic E-state index is -2.87. The maximum absolute atomic E-state index is 12.3. The molecule has 2 N–H and O–H groups in total. The zero-order valence-electron chi connectivity index (χ0n) is 9.49. The van der Waals surface area contributed by atoms with Gasteiger partial charge in [-0.2, -0.15) is 8.78 Å². The highest BCUT2D eigenvalue weighted by Crippen LogP contribution is 2.28. The average Bonchev–Trinajstić information content (AvgIpc) is 2.37. The molecule has 0 aliphatic heterocycles. The highest BCUT2D eigenvalue weighted by Gasteiger charge is 2.11. The fourth-order valence-electron chi connectivity index (χ4n) is 1.71. The Morgan fingerprint density at radius 1 is 1.17 bits per heavy atom. The van der Waals surface area contributed by atoms with Crippen LogP contribution in [0, 0.1) is 11.8 Å². The Balaban J connectivity index is 2.63. The summed E-state index contributed by atoms with van der Waals surface area (Å²) in [5.74, 6) is 5.52. The summed E-state index contributed by atoms with van der Waals surface area (Å²) < 4.78 is 29.1. The van der Waals surface area contributed by atoms with Crippen LogP contribution in [0.2, 0.25) is 0 Å². The molecule has 0 aliphatic rings. The highest BCUT2D eigenvalue weighted by atomic mass is 19.3. The topological polar surface area (TPSA) is 35.2 Å². The van der Waals surface area contributed by atoms with Crippen LogP contribution in [0.25, 0.3) is 10.8 Å². The van der Waals surface area contributed by atoms with Gasteiger partial charge in [-0.15, -0.1) is 0 Å². The first-order chi connectivity index (χ1) is 8.72. The summed E-state index contributed by atoms with van der Waals surface area (Å²) in [6.45, 7) is -2.71. The number of hydrogen-bond donors (Lipinski definition) is 1. The number of fused-ring (bicyclic) bond motifs is 1. The SMILES string of the molecule is NCC#Cc1c(OC(F)F)ccc2ccccc12. The van der Waals surface area contributed by atoms with E-state index in [1.807, 2.05) is 24.3 Å². The summed E-state index contributed by atoms with van der Waals surface area (Å²) in [5, 5.41) is 1.69. The summed E-state index contributed by atoms with van der Waals surface area (Å²) in [6.07, 6.45) is 0. The molecule has 0 saturated heterocycles. The van der Waals surface area contributed by atoms with Crippen molar-refractivity contribution in [1.82, 2.24) is 0 Å². The van der Waals surface area contributed by atoms with Crippen LogP contribution >= 0.6 is 0 Å². The Hall–Kier alpha value is -2.12.